The Morgan fingerprint density at radius 1 is 1.07 bits per heavy atom. The van der Waals surface area contributed by atoms with Crippen molar-refractivity contribution >= 4 is 21.4 Å². The van der Waals surface area contributed by atoms with Crippen LogP contribution in [0.5, 0.6) is 0 Å². The van der Waals surface area contributed by atoms with Crippen molar-refractivity contribution in [3.05, 3.63) is 69.5 Å². The van der Waals surface area contributed by atoms with E-state index >= 15 is 0 Å². The SMILES string of the molecule is O=C(c1ccc(S(=O)(=O)Cc2cccc(F)c2)c([N+](=O)[O-])c1)N1CCCCCC1. The molecule has 9 heteroatoms. The van der Waals surface area contributed by atoms with Gasteiger partial charge in [-0.05, 0) is 42.7 Å². The van der Waals surface area contributed by atoms with Crippen LogP contribution in [0.15, 0.2) is 47.4 Å². The lowest BCUT2D eigenvalue weighted by molar-refractivity contribution is -0.387. The van der Waals surface area contributed by atoms with Gasteiger partial charge in [-0.1, -0.05) is 25.0 Å². The normalized spacial score (nSPS) is 15.0. The third kappa shape index (κ3) is 4.97. The number of nitrogens with zero attached hydrogens (tertiary/aromatic N) is 2. The molecule has 1 heterocycles. The fourth-order valence-electron chi connectivity index (χ4n) is 3.44. The minimum absolute atomic E-state index is 0.0864. The second kappa shape index (κ2) is 8.69. The molecule has 0 atom stereocenters. The van der Waals surface area contributed by atoms with Crippen molar-refractivity contribution in [2.75, 3.05) is 13.1 Å². The van der Waals surface area contributed by atoms with Crippen molar-refractivity contribution in [3.8, 4) is 0 Å². The Kier molecular flexibility index (Phi) is 6.26. The molecule has 2 aromatic rings. The Morgan fingerprint density at radius 3 is 2.38 bits per heavy atom. The summed E-state index contributed by atoms with van der Waals surface area (Å²) in [5.41, 5.74) is -0.380. The van der Waals surface area contributed by atoms with Crippen molar-refractivity contribution in [2.45, 2.75) is 36.3 Å². The maximum Gasteiger partial charge on any atom is 0.288 e. The van der Waals surface area contributed by atoms with E-state index in [0.717, 1.165) is 43.9 Å². The second-order valence-corrected chi connectivity index (χ2v) is 8.99. The zero-order valence-corrected chi connectivity index (χ0v) is 16.5. The molecule has 3 rings (SSSR count). The van der Waals surface area contributed by atoms with Crippen LogP contribution in [-0.4, -0.2) is 37.2 Å². The summed E-state index contributed by atoms with van der Waals surface area (Å²) in [5.74, 6) is -1.51. The van der Waals surface area contributed by atoms with Gasteiger partial charge in [0, 0.05) is 24.7 Å². The number of sulfone groups is 1. The molecule has 1 aliphatic rings. The largest absolute Gasteiger partial charge is 0.339 e. The number of likely N-dealkylation sites (tertiary alicyclic amines) is 1. The summed E-state index contributed by atoms with van der Waals surface area (Å²) in [6, 6.07) is 8.48. The number of amides is 1. The van der Waals surface area contributed by atoms with Gasteiger partial charge in [0.05, 0.1) is 10.7 Å². The van der Waals surface area contributed by atoms with Crippen LogP contribution in [-0.2, 0) is 15.6 Å². The molecule has 0 radical (unpaired) electrons. The van der Waals surface area contributed by atoms with Gasteiger partial charge >= 0.3 is 0 Å². The second-order valence-electron chi connectivity index (χ2n) is 7.04. The summed E-state index contributed by atoms with van der Waals surface area (Å²) < 4.78 is 38.8. The van der Waals surface area contributed by atoms with Gasteiger partial charge in [0.25, 0.3) is 11.6 Å². The van der Waals surface area contributed by atoms with E-state index in [9.17, 15) is 27.7 Å². The highest BCUT2D eigenvalue weighted by Gasteiger charge is 2.28. The molecule has 0 saturated carbocycles. The standard InChI is InChI=1S/C20H21FN2O5S/c21-17-7-5-6-15(12-17)14-29(27,28)19-9-8-16(13-18(19)23(25)26)20(24)22-10-3-1-2-4-11-22/h5-9,12-13H,1-4,10-11,14H2. The third-order valence-electron chi connectivity index (χ3n) is 4.88. The van der Waals surface area contributed by atoms with E-state index in [4.69, 9.17) is 0 Å². The van der Waals surface area contributed by atoms with E-state index < -0.39 is 36.9 Å². The lowest BCUT2D eigenvalue weighted by Crippen LogP contribution is -2.31. The van der Waals surface area contributed by atoms with Crippen molar-refractivity contribution in [2.24, 2.45) is 0 Å². The van der Waals surface area contributed by atoms with E-state index in [1.54, 1.807) is 4.90 Å². The van der Waals surface area contributed by atoms with Crippen molar-refractivity contribution < 1.29 is 22.5 Å². The summed E-state index contributed by atoms with van der Waals surface area (Å²) in [5, 5.41) is 11.5. The fourth-order valence-corrected chi connectivity index (χ4v) is 4.94. The highest BCUT2D eigenvalue weighted by molar-refractivity contribution is 7.90. The predicted octanol–water partition coefficient (Wildman–Crippen LogP) is 3.72. The van der Waals surface area contributed by atoms with E-state index in [-0.39, 0.29) is 17.0 Å². The average Bonchev–Trinajstić information content (AvgIpc) is 2.96. The number of halogens is 1. The molecule has 1 amide bonds. The quantitative estimate of drug-likeness (QED) is 0.542. The number of carbonyl (C=O) groups is 1. The number of rotatable bonds is 5. The Morgan fingerprint density at radius 2 is 1.76 bits per heavy atom. The molecule has 154 valence electrons. The third-order valence-corrected chi connectivity index (χ3v) is 6.61. The average molecular weight is 420 g/mol. The zero-order chi connectivity index (χ0) is 21.0. The number of hydrogen-bond acceptors (Lipinski definition) is 5. The molecular formula is C20H21FN2O5S. The summed E-state index contributed by atoms with van der Waals surface area (Å²) in [7, 11) is -4.11. The van der Waals surface area contributed by atoms with Gasteiger partial charge in [-0.2, -0.15) is 0 Å². The van der Waals surface area contributed by atoms with Gasteiger partial charge in [-0.25, -0.2) is 12.8 Å². The smallest absolute Gasteiger partial charge is 0.288 e. The Hall–Kier alpha value is -2.81. The van der Waals surface area contributed by atoms with Gasteiger partial charge in [0.1, 0.15) is 10.7 Å². The van der Waals surface area contributed by atoms with Gasteiger partial charge in [-0.15, -0.1) is 0 Å². The van der Waals surface area contributed by atoms with E-state index in [0.29, 0.717) is 13.1 Å². The van der Waals surface area contributed by atoms with Crippen LogP contribution in [0.3, 0.4) is 0 Å². The van der Waals surface area contributed by atoms with Crippen LogP contribution in [0, 0.1) is 15.9 Å². The zero-order valence-electron chi connectivity index (χ0n) is 15.7. The monoisotopic (exact) mass is 420 g/mol. The fraction of sp³-hybridized carbons (Fsp3) is 0.350. The van der Waals surface area contributed by atoms with Gasteiger partial charge in [0.2, 0.25) is 0 Å². The van der Waals surface area contributed by atoms with E-state index in [1.165, 1.54) is 24.3 Å². The first-order valence-electron chi connectivity index (χ1n) is 9.33. The van der Waals surface area contributed by atoms with Crippen LogP contribution >= 0.6 is 0 Å². The molecule has 29 heavy (non-hydrogen) atoms. The summed E-state index contributed by atoms with van der Waals surface area (Å²) >= 11 is 0. The minimum Gasteiger partial charge on any atom is -0.339 e. The Bertz CT molecular complexity index is 1030. The maximum atomic E-state index is 13.4. The minimum atomic E-state index is -4.11. The van der Waals surface area contributed by atoms with Gasteiger partial charge in [-0.3, -0.25) is 14.9 Å². The van der Waals surface area contributed by atoms with Crippen molar-refractivity contribution in [3.63, 3.8) is 0 Å². The molecule has 1 fully saturated rings. The lowest BCUT2D eigenvalue weighted by Gasteiger charge is -2.20. The Labute approximate surface area is 168 Å². The van der Waals surface area contributed by atoms with Gasteiger partial charge < -0.3 is 4.90 Å². The predicted molar refractivity (Wildman–Crippen MR) is 105 cm³/mol. The molecule has 0 bridgehead atoms. The van der Waals surface area contributed by atoms with Crippen molar-refractivity contribution in [1.29, 1.82) is 0 Å². The highest BCUT2D eigenvalue weighted by Crippen LogP contribution is 2.29. The highest BCUT2D eigenvalue weighted by atomic mass is 32.2. The molecule has 1 aliphatic heterocycles. The molecule has 0 aliphatic carbocycles. The number of nitro benzene ring substituents is 1. The molecular weight excluding hydrogens is 399 g/mol. The first-order chi connectivity index (χ1) is 13.8. The van der Waals surface area contributed by atoms with Crippen LogP contribution < -0.4 is 0 Å². The number of hydrogen-bond donors (Lipinski definition) is 0. The summed E-state index contributed by atoms with van der Waals surface area (Å²) in [6.45, 7) is 1.15. The van der Waals surface area contributed by atoms with Crippen LogP contribution in [0.1, 0.15) is 41.6 Å². The number of benzene rings is 2. The number of nitro groups is 1. The molecule has 7 nitrogen and oxygen atoms in total. The summed E-state index contributed by atoms with van der Waals surface area (Å²) in [4.78, 5) is 24.6. The van der Waals surface area contributed by atoms with Crippen LogP contribution in [0.2, 0.25) is 0 Å². The molecule has 0 N–H and O–H groups in total. The molecule has 0 unspecified atom stereocenters. The maximum absolute atomic E-state index is 13.4. The molecule has 0 spiro atoms. The number of carbonyl (C=O) groups excluding carboxylic acids is 1. The first-order valence-corrected chi connectivity index (χ1v) is 11.0. The van der Waals surface area contributed by atoms with Crippen molar-refractivity contribution in [1.82, 2.24) is 4.90 Å². The van der Waals surface area contributed by atoms with Crippen LogP contribution in [0.25, 0.3) is 0 Å². The van der Waals surface area contributed by atoms with Gasteiger partial charge in [0.15, 0.2) is 9.84 Å². The Balaban J connectivity index is 1.93. The van der Waals surface area contributed by atoms with E-state index in [2.05, 4.69) is 0 Å². The molecule has 0 aromatic heterocycles. The lowest BCUT2D eigenvalue weighted by atomic mass is 10.1. The topological polar surface area (TPSA) is 97.6 Å². The molecule has 1 saturated heterocycles. The van der Waals surface area contributed by atoms with E-state index in [1.807, 2.05) is 0 Å². The first kappa shape index (κ1) is 20.9. The molecule has 2 aromatic carbocycles. The van der Waals surface area contributed by atoms with Crippen LogP contribution in [0.4, 0.5) is 10.1 Å². The summed E-state index contributed by atoms with van der Waals surface area (Å²) in [6.07, 6.45) is 3.80.